The fourth-order valence-electron chi connectivity index (χ4n) is 2.29. The van der Waals surface area contributed by atoms with Crippen LogP contribution in [-0.2, 0) is 0 Å². The van der Waals surface area contributed by atoms with Crippen LogP contribution in [0.25, 0.3) is 0 Å². The van der Waals surface area contributed by atoms with Gasteiger partial charge in [-0.25, -0.2) is 4.39 Å². The van der Waals surface area contributed by atoms with Gasteiger partial charge in [0.2, 0.25) is 0 Å². The smallest absolute Gasteiger partial charge is 0.254 e. The van der Waals surface area contributed by atoms with E-state index in [1.165, 1.54) is 19.2 Å². The second-order valence-corrected chi connectivity index (χ2v) is 4.81. The Balaban J connectivity index is 0.00000200. The number of piperidine rings is 1. The van der Waals surface area contributed by atoms with Crippen molar-refractivity contribution in [1.29, 1.82) is 0 Å². The number of nitrogens with one attached hydrogen (secondary N) is 2. The molecule has 4 nitrogen and oxygen atoms in total. The molecule has 2 atom stereocenters. The van der Waals surface area contributed by atoms with Gasteiger partial charge >= 0.3 is 0 Å². The number of methoxy groups -OCH3 is 1. The molecule has 6 heteroatoms. The summed E-state index contributed by atoms with van der Waals surface area (Å²) in [6.45, 7) is 2.99. The van der Waals surface area contributed by atoms with Gasteiger partial charge < -0.3 is 15.4 Å². The highest BCUT2D eigenvalue weighted by Gasteiger charge is 2.24. The fourth-order valence-corrected chi connectivity index (χ4v) is 2.29. The molecule has 1 aliphatic heterocycles. The monoisotopic (exact) mass is 302 g/mol. The zero-order valence-corrected chi connectivity index (χ0v) is 12.4. The fraction of sp³-hybridized carbons (Fsp3) is 0.500. The first-order chi connectivity index (χ1) is 9.11. The second kappa shape index (κ2) is 7.45. The molecule has 0 aliphatic carbocycles. The lowest BCUT2D eigenvalue weighted by Gasteiger charge is -2.30. The molecule has 0 bridgehead atoms. The highest BCUT2D eigenvalue weighted by molar-refractivity contribution is 5.94. The highest BCUT2D eigenvalue weighted by Crippen LogP contribution is 2.17. The standard InChI is InChI=1S/C14H19FN2O2.ClH/c1-9-13(4-3-7-16-9)17-14(18)11-6-5-10(19-2)8-12(11)15;/h5-6,8-9,13,16H,3-4,7H2,1-2H3,(H,17,18);1H. The Morgan fingerprint density at radius 3 is 2.85 bits per heavy atom. The summed E-state index contributed by atoms with van der Waals surface area (Å²) < 4.78 is 18.7. The van der Waals surface area contributed by atoms with Gasteiger partial charge in [-0.3, -0.25) is 4.79 Å². The predicted octanol–water partition coefficient (Wildman–Crippen LogP) is 2.13. The average Bonchev–Trinajstić information content (AvgIpc) is 2.41. The largest absolute Gasteiger partial charge is 0.497 e. The lowest BCUT2D eigenvalue weighted by molar-refractivity contribution is 0.0915. The minimum absolute atomic E-state index is 0. The molecule has 2 N–H and O–H groups in total. The van der Waals surface area contributed by atoms with Crippen molar-refractivity contribution >= 4 is 18.3 Å². The maximum absolute atomic E-state index is 13.8. The zero-order valence-electron chi connectivity index (χ0n) is 11.6. The molecular formula is C14H20ClFN2O2. The van der Waals surface area contributed by atoms with Gasteiger partial charge in [0.15, 0.2) is 0 Å². The van der Waals surface area contributed by atoms with Crippen LogP contribution in [0.1, 0.15) is 30.1 Å². The number of carbonyl (C=O) groups excluding carboxylic acids is 1. The number of amides is 1. The summed E-state index contributed by atoms with van der Waals surface area (Å²) in [6.07, 6.45) is 1.93. The van der Waals surface area contributed by atoms with Gasteiger partial charge in [0.25, 0.3) is 5.91 Å². The van der Waals surface area contributed by atoms with Gasteiger partial charge in [0.1, 0.15) is 11.6 Å². The van der Waals surface area contributed by atoms with Crippen molar-refractivity contribution in [2.24, 2.45) is 0 Å². The van der Waals surface area contributed by atoms with Crippen LogP contribution in [0.15, 0.2) is 18.2 Å². The number of hydrogen-bond donors (Lipinski definition) is 2. The summed E-state index contributed by atoms with van der Waals surface area (Å²) in [4.78, 5) is 12.1. The van der Waals surface area contributed by atoms with Gasteiger partial charge in [-0.15, -0.1) is 12.4 Å². The summed E-state index contributed by atoms with van der Waals surface area (Å²) in [5.74, 6) is -0.532. The Morgan fingerprint density at radius 1 is 1.50 bits per heavy atom. The van der Waals surface area contributed by atoms with E-state index in [4.69, 9.17) is 4.74 Å². The number of ether oxygens (including phenoxy) is 1. The molecule has 2 rings (SSSR count). The first-order valence-corrected chi connectivity index (χ1v) is 6.49. The molecule has 0 spiro atoms. The number of hydrogen-bond acceptors (Lipinski definition) is 3. The van der Waals surface area contributed by atoms with Gasteiger partial charge in [-0.2, -0.15) is 0 Å². The lowest BCUT2D eigenvalue weighted by atomic mass is 9.99. The van der Waals surface area contributed by atoms with Crippen LogP contribution in [0.5, 0.6) is 5.75 Å². The Morgan fingerprint density at radius 2 is 2.25 bits per heavy atom. The van der Waals surface area contributed by atoms with Crippen molar-refractivity contribution in [2.45, 2.75) is 31.8 Å². The van der Waals surface area contributed by atoms with E-state index in [0.717, 1.165) is 19.4 Å². The molecule has 1 aliphatic rings. The zero-order chi connectivity index (χ0) is 13.8. The molecule has 0 aromatic heterocycles. The lowest BCUT2D eigenvalue weighted by Crippen LogP contribution is -2.52. The quantitative estimate of drug-likeness (QED) is 0.899. The Bertz CT molecular complexity index is 470. The van der Waals surface area contributed by atoms with E-state index in [1.807, 2.05) is 6.92 Å². The minimum Gasteiger partial charge on any atom is -0.497 e. The van der Waals surface area contributed by atoms with Crippen LogP contribution in [0, 0.1) is 5.82 Å². The third kappa shape index (κ3) is 3.84. The van der Waals surface area contributed by atoms with Crippen LogP contribution < -0.4 is 15.4 Å². The highest BCUT2D eigenvalue weighted by atomic mass is 35.5. The number of carbonyl (C=O) groups is 1. The van der Waals surface area contributed by atoms with Crippen molar-refractivity contribution < 1.29 is 13.9 Å². The third-order valence-corrected chi connectivity index (χ3v) is 3.50. The van der Waals surface area contributed by atoms with E-state index in [-0.39, 0.29) is 36.0 Å². The van der Waals surface area contributed by atoms with Gasteiger partial charge in [0.05, 0.1) is 12.7 Å². The molecular weight excluding hydrogens is 283 g/mol. The van der Waals surface area contributed by atoms with E-state index >= 15 is 0 Å². The molecule has 1 saturated heterocycles. The van der Waals surface area contributed by atoms with Crippen molar-refractivity contribution in [3.63, 3.8) is 0 Å². The van der Waals surface area contributed by atoms with Gasteiger partial charge in [-0.1, -0.05) is 0 Å². The SMILES string of the molecule is COc1ccc(C(=O)NC2CCCNC2C)c(F)c1.Cl. The summed E-state index contributed by atoms with van der Waals surface area (Å²) in [7, 11) is 1.46. The van der Waals surface area contributed by atoms with Crippen molar-refractivity contribution in [3.05, 3.63) is 29.6 Å². The normalized spacial score (nSPS) is 21.8. The van der Waals surface area contributed by atoms with E-state index in [9.17, 15) is 9.18 Å². The maximum Gasteiger partial charge on any atom is 0.254 e. The van der Waals surface area contributed by atoms with Crippen LogP contribution in [0.3, 0.4) is 0 Å². The van der Waals surface area contributed by atoms with Crippen LogP contribution in [0.2, 0.25) is 0 Å². The van der Waals surface area contributed by atoms with Crippen LogP contribution >= 0.6 is 12.4 Å². The van der Waals surface area contributed by atoms with Crippen molar-refractivity contribution in [2.75, 3.05) is 13.7 Å². The Hall–Kier alpha value is -1.33. The van der Waals surface area contributed by atoms with Crippen molar-refractivity contribution in [3.8, 4) is 5.75 Å². The molecule has 20 heavy (non-hydrogen) atoms. The first kappa shape index (κ1) is 16.7. The molecule has 1 aromatic rings. The first-order valence-electron chi connectivity index (χ1n) is 6.49. The van der Waals surface area contributed by atoms with E-state index in [0.29, 0.717) is 5.75 Å². The van der Waals surface area contributed by atoms with Gasteiger partial charge in [-0.05, 0) is 38.4 Å². The summed E-state index contributed by atoms with van der Waals surface area (Å²) in [5, 5.41) is 6.17. The molecule has 1 heterocycles. The maximum atomic E-state index is 13.8. The molecule has 0 saturated carbocycles. The van der Waals surface area contributed by atoms with Crippen molar-refractivity contribution in [1.82, 2.24) is 10.6 Å². The summed E-state index contributed by atoms with van der Waals surface area (Å²) in [5.41, 5.74) is 0.0542. The molecule has 1 aromatic carbocycles. The predicted molar refractivity (Wildman–Crippen MR) is 78.2 cm³/mol. The second-order valence-electron chi connectivity index (χ2n) is 4.81. The van der Waals surface area contributed by atoms with Gasteiger partial charge in [0, 0.05) is 18.2 Å². The molecule has 2 unspecified atom stereocenters. The molecule has 0 radical (unpaired) electrons. The molecule has 1 amide bonds. The van der Waals surface area contributed by atoms with Crippen LogP contribution in [0.4, 0.5) is 4.39 Å². The summed E-state index contributed by atoms with van der Waals surface area (Å²) in [6, 6.07) is 4.50. The Kier molecular flexibility index (Phi) is 6.23. The molecule has 1 fully saturated rings. The average molecular weight is 303 g/mol. The third-order valence-electron chi connectivity index (χ3n) is 3.50. The number of rotatable bonds is 3. The number of benzene rings is 1. The number of halogens is 2. The van der Waals surface area contributed by atoms with E-state index in [1.54, 1.807) is 6.07 Å². The minimum atomic E-state index is -0.562. The van der Waals surface area contributed by atoms with Crippen LogP contribution in [-0.4, -0.2) is 31.6 Å². The van der Waals surface area contributed by atoms with E-state index in [2.05, 4.69) is 10.6 Å². The molecule has 112 valence electrons. The summed E-state index contributed by atoms with van der Waals surface area (Å²) >= 11 is 0. The topological polar surface area (TPSA) is 50.4 Å². The Labute approximate surface area is 124 Å². The van der Waals surface area contributed by atoms with E-state index < -0.39 is 5.82 Å².